The summed E-state index contributed by atoms with van der Waals surface area (Å²) in [5.74, 6) is 1.43. The van der Waals surface area contributed by atoms with Crippen LogP contribution in [0.1, 0.15) is 20.3 Å². The van der Waals surface area contributed by atoms with Crippen LogP contribution in [0, 0.1) is 5.92 Å². The van der Waals surface area contributed by atoms with Crippen LogP contribution in [0.15, 0.2) is 29.2 Å². The van der Waals surface area contributed by atoms with E-state index in [1.54, 1.807) is 11.8 Å². The second-order valence-electron chi connectivity index (χ2n) is 4.25. The smallest absolute Gasteiger partial charge is 0.220 e. The van der Waals surface area contributed by atoms with Crippen LogP contribution in [0.4, 0.5) is 0 Å². The van der Waals surface area contributed by atoms with E-state index in [0.29, 0.717) is 18.9 Å². The molecular weight excluding hydrogens is 254 g/mol. The molecule has 0 atom stereocenters. The molecular formula is C13H18ClNOS. The molecule has 0 unspecified atom stereocenters. The van der Waals surface area contributed by atoms with Crippen LogP contribution in [-0.2, 0) is 4.79 Å². The van der Waals surface area contributed by atoms with Gasteiger partial charge < -0.3 is 5.32 Å². The summed E-state index contributed by atoms with van der Waals surface area (Å²) >= 11 is 7.51. The molecule has 1 N–H and O–H groups in total. The first-order valence-electron chi connectivity index (χ1n) is 5.73. The molecule has 0 radical (unpaired) electrons. The highest BCUT2D eigenvalue weighted by Crippen LogP contribution is 2.19. The number of carbonyl (C=O) groups excluding carboxylic acids is 1. The van der Waals surface area contributed by atoms with Crippen molar-refractivity contribution in [1.29, 1.82) is 0 Å². The van der Waals surface area contributed by atoms with Crippen molar-refractivity contribution >= 4 is 29.3 Å². The molecule has 0 saturated heterocycles. The van der Waals surface area contributed by atoms with Crippen LogP contribution in [0.25, 0.3) is 0 Å². The predicted molar refractivity (Wildman–Crippen MR) is 74.6 cm³/mol. The first-order valence-corrected chi connectivity index (χ1v) is 7.09. The lowest BCUT2D eigenvalue weighted by Gasteiger charge is -2.06. The van der Waals surface area contributed by atoms with E-state index in [4.69, 9.17) is 11.6 Å². The predicted octanol–water partition coefficient (Wildman–Crippen LogP) is 3.59. The van der Waals surface area contributed by atoms with Gasteiger partial charge in [0.05, 0.1) is 0 Å². The molecule has 0 aliphatic rings. The molecule has 4 heteroatoms. The average Bonchev–Trinajstić information content (AvgIpc) is 2.26. The third-order valence-electron chi connectivity index (χ3n) is 2.10. The van der Waals surface area contributed by atoms with E-state index < -0.39 is 0 Å². The summed E-state index contributed by atoms with van der Waals surface area (Å²) in [6.45, 7) is 4.79. The summed E-state index contributed by atoms with van der Waals surface area (Å²) in [5.41, 5.74) is 0. The highest BCUT2D eigenvalue weighted by Gasteiger charge is 2.03. The second kappa shape index (κ2) is 7.62. The van der Waals surface area contributed by atoms with Gasteiger partial charge in [-0.3, -0.25) is 4.79 Å². The summed E-state index contributed by atoms with van der Waals surface area (Å²) < 4.78 is 0. The van der Waals surface area contributed by atoms with Crippen molar-refractivity contribution in [1.82, 2.24) is 5.32 Å². The molecule has 0 bridgehead atoms. The van der Waals surface area contributed by atoms with E-state index in [-0.39, 0.29) is 5.91 Å². The molecule has 1 aromatic carbocycles. The number of thioether (sulfide) groups is 1. The zero-order valence-corrected chi connectivity index (χ0v) is 11.8. The summed E-state index contributed by atoms with van der Waals surface area (Å²) in [7, 11) is 0. The Morgan fingerprint density at radius 1 is 1.35 bits per heavy atom. The number of carbonyl (C=O) groups is 1. The van der Waals surface area contributed by atoms with E-state index in [1.807, 2.05) is 38.1 Å². The first kappa shape index (κ1) is 14.4. The van der Waals surface area contributed by atoms with Crippen molar-refractivity contribution in [2.75, 3.05) is 12.3 Å². The minimum atomic E-state index is 0.136. The highest BCUT2D eigenvalue weighted by molar-refractivity contribution is 7.99. The van der Waals surface area contributed by atoms with E-state index in [9.17, 15) is 4.79 Å². The fraction of sp³-hybridized carbons (Fsp3) is 0.462. The van der Waals surface area contributed by atoms with Crippen molar-refractivity contribution in [3.05, 3.63) is 29.3 Å². The minimum Gasteiger partial charge on any atom is -0.355 e. The Morgan fingerprint density at radius 3 is 2.59 bits per heavy atom. The van der Waals surface area contributed by atoms with Gasteiger partial charge in [0.1, 0.15) is 0 Å². The summed E-state index contributed by atoms with van der Waals surface area (Å²) in [4.78, 5) is 12.5. The Hall–Kier alpha value is -0.670. The third kappa shape index (κ3) is 6.59. The van der Waals surface area contributed by atoms with Gasteiger partial charge in [-0.15, -0.1) is 11.8 Å². The van der Waals surface area contributed by atoms with E-state index >= 15 is 0 Å². The Balaban J connectivity index is 2.16. The van der Waals surface area contributed by atoms with Crippen LogP contribution >= 0.6 is 23.4 Å². The standard InChI is InChI=1S/C13H18ClNOS/c1-10(2)9-13(16)15-7-8-17-12-5-3-11(14)4-6-12/h3-6,10H,7-9H2,1-2H3,(H,15,16). The molecule has 2 nitrogen and oxygen atoms in total. The molecule has 0 aromatic heterocycles. The minimum absolute atomic E-state index is 0.136. The number of hydrogen-bond acceptors (Lipinski definition) is 2. The molecule has 17 heavy (non-hydrogen) atoms. The van der Waals surface area contributed by atoms with Gasteiger partial charge in [-0.1, -0.05) is 25.4 Å². The molecule has 0 heterocycles. The van der Waals surface area contributed by atoms with Crippen molar-refractivity contribution in [2.45, 2.75) is 25.2 Å². The van der Waals surface area contributed by atoms with Crippen LogP contribution in [0.5, 0.6) is 0 Å². The second-order valence-corrected chi connectivity index (χ2v) is 5.86. The van der Waals surface area contributed by atoms with Gasteiger partial charge in [0, 0.05) is 28.6 Å². The number of hydrogen-bond donors (Lipinski definition) is 1. The normalized spacial score (nSPS) is 10.6. The molecule has 94 valence electrons. The highest BCUT2D eigenvalue weighted by atomic mass is 35.5. The molecule has 0 aliphatic carbocycles. The number of rotatable bonds is 6. The topological polar surface area (TPSA) is 29.1 Å². The summed E-state index contributed by atoms with van der Waals surface area (Å²) in [6, 6.07) is 7.73. The maximum absolute atomic E-state index is 11.4. The molecule has 0 aliphatic heterocycles. The van der Waals surface area contributed by atoms with Crippen molar-refractivity contribution in [3.8, 4) is 0 Å². The molecule has 1 aromatic rings. The van der Waals surface area contributed by atoms with Gasteiger partial charge in [-0.25, -0.2) is 0 Å². The Morgan fingerprint density at radius 2 is 2.00 bits per heavy atom. The van der Waals surface area contributed by atoms with Crippen molar-refractivity contribution in [3.63, 3.8) is 0 Å². The van der Waals surface area contributed by atoms with Gasteiger partial charge in [0.15, 0.2) is 0 Å². The average molecular weight is 272 g/mol. The molecule has 1 amide bonds. The Kier molecular flexibility index (Phi) is 6.45. The Bertz CT molecular complexity index is 351. The maximum atomic E-state index is 11.4. The quantitative estimate of drug-likeness (QED) is 0.633. The van der Waals surface area contributed by atoms with Gasteiger partial charge >= 0.3 is 0 Å². The van der Waals surface area contributed by atoms with Crippen LogP contribution < -0.4 is 5.32 Å². The van der Waals surface area contributed by atoms with E-state index in [0.717, 1.165) is 10.8 Å². The number of benzene rings is 1. The lowest BCUT2D eigenvalue weighted by molar-refractivity contribution is -0.121. The van der Waals surface area contributed by atoms with Crippen LogP contribution in [0.2, 0.25) is 5.02 Å². The fourth-order valence-electron chi connectivity index (χ4n) is 1.33. The monoisotopic (exact) mass is 271 g/mol. The number of amides is 1. The SMILES string of the molecule is CC(C)CC(=O)NCCSc1ccc(Cl)cc1. The fourth-order valence-corrected chi connectivity index (χ4v) is 2.23. The summed E-state index contributed by atoms with van der Waals surface area (Å²) in [5, 5.41) is 3.66. The largest absolute Gasteiger partial charge is 0.355 e. The van der Waals surface area contributed by atoms with Crippen molar-refractivity contribution in [2.24, 2.45) is 5.92 Å². The summed E-state index contributed by atoms with van der Waals surface area (Å²) in [6.07, 6.45) is 0.603. The lowest BCUT2D eigenvalue weighted by Crippen LogP contribution is -2.26. The maximum Gasteiger partial charge on any atom is 0.220 e. The number of nitrogens with one attached hydrogen (secondary N) is 1. The zero-order valence-electron chi connectivity index (χ0n) is 10.2. The molecule has 0 spiro atoms. The van der Waals surface area contributed by atoms with Crippen LogP contribution in [-0.4, -0.2) is 18.2 Å². The van der Waals surface area contributed by atoms with E-state index in [2.05, 4.69) is 5.32 Å². The third-order valence-corrected chi connectivity index (χ3v) is 3.37. The lowest BCUT2D eigenvalue weighted by atomic mass is 10.1. The Labute approximate surface area is 112 Å². The zero-order chi connectivity index (χ0) is 12.7. The molecule has 0 fully saturated rings. The van der Waals surface area contributed by atoms with Crippen LogP contribution in [0.3, 0.4) is 0 Å². The van der Waals surface area contributed by atoms with Gasteiger partial charge in [0.25, 0.3) is 0 Å². The first-order chi connectivity index (χ1) is 8.08. The number of halogens is 1. The van der Waals surface area contributed by atoms with Crippen molar-refractivity contribution < 1.29 is 4.79 Å². The van der Waals surface area contributed by atoms with Gasteiger partial charge in [0.2, 0.25) is 5.91 Å². The van der Waals surface area contributed by atoms with Gasteiger partial charge in [-0.2, -0.15) is 0 Å². The van der Waals surface area contributed by atoms with Gasteiger partial charge in [-0.05, 0) is 30.2 Å². The molecule has 1 rings (SSSR count). The van der Waals surface area contributed by atoms with E-state index in [1.165, 1.54) is 4.90 Å². The molecule has 0 saturated carbocycles.